The lowest BCUT2D eigenvalue weighted by atomic mass is 9.61. The molecule has 4 heteroatoms. The van der Waals surface area contributed by atoms with Crippen molar-refractivity contribution in [1.82, 2.24) is 10.3 Å². The van der Waals surface area contributed by atoms with Gasteiger partial charge in [0.25, 0.3) is 0 Å². The SMILES string of the molecule is CNCCC(C)(C1=CCCc2ccccc21)C(c1ccccc1)c1cc2cc(-c3ccco3)ccc2nc1OC. The van der Waals surface area contributed by atoms with Gasteiger partial charge < -0.3 is 14.5 Å². The van der Waals surface area contributed by atoms with Crippen LogP contribution < -0.4 is 10.1 Å². The summed E-state index contributed by atoms with van der Waals surface area (Å²) in [7, 11) is 3.77. The molecular formula is C36H36N2O2. The zero-order chi connectivity index (χ0) is 27.5. The quantitative estimate of drug-likeness (QED) is 0.209. The number of nitrogens with zero attached hydrogens (tertiary/aromatic N) is 1. The van der Waals surface area contributed by atoms with Crippen molar-refractivity contribution in [3.8, 4) is 17.2 Å². The molecule has 0 saturated heterocycles. The molecule has 0 radical (unpaired) electrons. The van der Waals surface area contributed by atoms with Crippen LogP contribution in [-0.4, -0.2) is 25.7 Å². The van der Waals surface area contributed by atoms with E-state index >= 15 is 0 Å². The second-order valence-electron chi connectivity index (χ2n) is 10.9. The number of furan rings is 1. The Bertz CT molecular complexity index is 1640. The summed E-state index contributed by atoms with van der Waals surface area (Å²) < 4.78 is 11.8. The van der Waals surface area contributed by atoms with Crippen molar-refractivity contribution in [3.63, 3.8) is 0 Å². The molecule has 40 heavy (non-hydrogen) atoms. The van der Waals surface area contributed by atoms with E-state index in [0.29, 0.717) is 5.88 Å². The first-order chi connectivity index (χ1) is 19.6. The molecule has 6 rings (SSSR count). The van der Waals surface area contributed by atoms with Crippen LogP contribution in [0.5, 0.6) is 5.88 Å². The van der Waals surface area contributed by atoms with Gasteiger partial charge in [-0.3, -0.25) is 0 Å². The zero-order valence-electron chi connectivity index (χ0n) is 23.5. The summed E-state index contributed by atoms with van der Waals surface area (Å²) in [5, 5.41) is 4.51. The Morgan fingerprint density at radius 1 is 0.975 bits per heavy atom. The number of pyridine rings is 1. The van der Waals surface area contributed by atoms with E-state index in [1.165, 1.54) is 22.3 Å². The number of nitrogens with one attached hydrogen (secondary N) is 1. The molecule has 2 unspecified atom stereocenters. The Morgan fingerprint density at radius 3 is 2.58 bits per heavy atom. The number of allylic oxidation sites excluding steroid dienone is 2. The summed E-state index contributed by atoms with van der Waals surface area (Å²) in [5.41, 5.74) is 8.25. The molecule has 2 heterocycles. The van der Waals surface area contributed by atoms with E-state index in [4.69, 9.17) is 14.1 Å². The average molecular weight is 529 g/mol. The van der Waals surface area contributed by atoms with Crippen LogP contribution in [0.4, 0.5) is 0 Å². The Kier molecular flexibility index (Phi) is 7.27. The third kappa shape index (κ3) is 4.73. The fourth-order valence-corrected chi connectivity index (χ4v) is 6.52. The molecule has 0 bridgehead atoms. The third-order valence-corrected chi connectivity index (χ3v) is 8.47. The summed E-state index contributed by atoms with van der Waals surface area (Å²) in [6.45, 7) is 3.32. The van der Waals surface area contributed by atoms with Gasteiger partial charge in [-0.15, -0.1) is 0 Å². The summed E-state index contributed by atoms with van der Waals surface area (Å²) >= 11 is 0. The summed E-state index contributed by atoms with van der Waals surface area (Å²) in [5.74, 6) is 1.53. The van der Waals surface area contributed by atoms with Gasteiger partial charge >= 0.3 is 0 Å². The first-order valence-corrected chi connectivity index (χ1v) is 14.1. The Hall–Kier alpha value is -4.15. The number of fused-ring (bicyclic) bond motifs is 2. The van der Waals surface area contributed by atoms with Gasteiger partial charge in [-0.05, 0) is 91.5 Å². The van der Waals surface area contributed by atoms with E-state index in [9.17, 15) is 0 Å². The van der Waals surface area contributed by atoms with Gasteiger partial charge in [0, 0.05) is 27.8 Å². The summed E-state index contributed by atoms with van der Waals surface area (Å²) in [6, 6.07) is 32.3. The molecule has 2 atom stereocenters. The van der Waals surface area contributed by atoms with Gasteiger partial charge in [0.2, 0.25) is 5.88 Å². The maximum Gasteiger partial charge on any atom is 0.217 e. The highest BCUT2D eigenvalue weighted by Gasteiger charge is 2.42. The number of ether oxygens (including phenoxy) is 1. The Morgan fingerprint density at radius 2 is 1.80 bits per heavy atom. The molecule has 4 nitrogen and oxygen atoms in total. The molecule has 1 aliphatic carbocycles. The van der Waals surface area contributed by atoms with Crippen LogP contribution in [0.2, 0.25) is 0 Å². The lowest BCUT2D eigenvalue weighted by Crippen LogP contribution is -2.33. The van der Waals surface area contributed by atoms with E-state index in [2.05, 4.69) is 97.2 Å². The zero-order valence-corrected chi connectivity index (χ0v) is 23.5. The van der Waals surface area contributed by atoms with Crippen LogP contribution in [0.1, 0.15) is 47.9 Å². The highest BCUT2D eigenvalue weighted by atomic mass is 16.5. The van der Waals surface area contributed by atoms with Crippen molar-refractivity contribution in [2.75, 3.05) is 20.7 Å². The Balaban J connectivity index is 1.60. The molecule has 202 valence electrons. The molecule has 1 aliphatic rings. The van der Waals surface area contributed by atoms with Gasteiger partial charge in [-0.25, -0.2) is 4.98 Å². The molecule has 2 aromatic heterocycles. The first-order valence-electron chi connectivity index (χ1n) is 14.1. The van der Waals surface area contributed by atoms with Crippen LogP contribution in [0.25, 0.3) is 27.8 Å². The molecular weight excluding hydrogens is 492 g/mol. The van der Waals surface area contributed by atoms with Crippen molar-refractivity contribution in [3.05, 3.63) is 126 Å². The van der Waals surface area contributed by atoms with Crippen LogP contribution in [0.3, 0.4) is 0 Å². The lowest BCUT2D eigenvalue weighted by molar-refractivity contribution is 0.335. The summed E-state index contributed by atoms with van der Waals surface area (Å²) in [6.07, 6.45) is 7.27. The van der Waals surface area contributed by atoms with Gasteiger partial charge in [0.15, 0.2) is 0 Å². The topological polar surface area (TPSA) is 47.3 Å². The summed E-state index contributed by atoms with van der Waals surface area (Å²) in [4.78, 5) is 5.06. The second-order valence-corrected chi connectivity index (χ2v) is 10.9. The van der Waals surface area contributed by atoms with E-state index in [1.807, 2.05) is 19.2 Å². The van der Waals surface area contributed by atoms with Crippen LogP contribution in [0, 0.1) is 5.41 Å². The van der Waals surface area contributed by atoms with E-state index in [0.717, 1.165) is 53.6 Å². The van der Waals surface area contributed by atoms with E-state index in [1.54, 1.807) is 13.4 Å². The first kappa shape index (κ1) is 26.1. The molecule has 5 aromatic rings. The number of benzene rings is 3. The monoisotopic (exact) mass is 528 g/mol. The van der Waals surface area contributed by atoms with E-state index in [-0.39, 0.29) is 11.3 Å². The van der Waals surface area contributed by atoms with Gasteiger partial charge in [-0.2, -0.15) is 0 Å². The highest BCUT2D eigenvalue weighted by molar-refractivity contribution is 5.85. The van der Waals surface area contributed by atoms with E-state index < -0.39 is 0 Å². The molecule has 0 fully saturated rings. The minimum Gasteiger partial charge on any atom is -0.481 e. The molecule has 0 aliphatic heterocycles. The minimum absolute atomic E-state index is 0.0126. The predicted octanol–water partition coefficient (Wildman–Crippen LogP) is 8.28. The number of rotatable bonds is 9. The number of hydrogen-bond acceptors (Lipinski definition) is 4. The van der Waals surface area contributed by atoms with Crippen molar-refractivity contribution in [2.24, 2.45) is 5.41 Å². The maximum absolute atomic E-state index is 6.05. The standard InChI is InChI=1S/C36H36N2O2/c1-36(20-21-37-2,31-16-9-14-25-11-7-8-15-29(25)31)34(26-12-5-4-6-13-26)30-24-28-23-27(33-17-10-22-40-33)18-19-32(28)38-35(30)39-3/h4-8,10-13,15-19,22-24,34,37H,9,14,20-21H2,1-3H3. The number of hydrogen-bond donors (Lipinski definition) is 1. The smallest absolute Gasteiger partial charge is 0.217 e. The molecule has 1 N–H and O–H groups in total. The Labute approximate surface area is 236 Å². The average Bonchev–Trinajstić information content (AvgIpc) is 3.55. The molecule has 3 aromatic carbocycles. The molecule has 0 amide bonds. The van der Waals surface area contributed by atoms with Crippen LogP contribution >= 0.6 is 0 Å². The fourth-order valence-electron chi connectivity index (χ4n) is 6.52. The molecule has 0 saturated carbocycles. The van der Waals surface area contributed by atoms with Crippen molar-refractivity contribution in [1.29, 1.82) is 0 Å². The predicted molar refractivity (Wildman–Crippen MR) is 164 cm³/mol. The van der Waals surface area contributed by atoms with Gasteiger partial charge in [-0.1, -0.05) is 67.6 Å². The minimum atomic E-state index is -0.234. The lowest BCUT2D eigenvalue weighted by Gasteiger charge is -2.43. The number of aromatic nitrogens is 1. The van der Waals surface area contributed by atoms with Crippen molar-refractivity contribution < 1.29 is 9.15 Å². The van der Waals surface area contributed by atoms with Crippen molar-refractivity contribution in [2.45, 2.75) is 32.1 Å². The fraction of sp³-hybridized carbons (Fsp3) is 0.250. The third-order valence-electron chi connectivity index (χ3n) is 8.47. The second kappa shape index (κ2) is 11.1. The molecule has 0 spiro atoms. The normalized spacial score (nSPS) is 15.2. The van der Waals surface area contributed by atoms with Crippen LogP contribution in [0.15, 0.2) is 108 Å². The van der Waals surface area contributed by atoms with Gasteiger partial charge in [0.1, 0.15) is 5.76 Å². The van der Waals surface area contributed by atoms with Crippen LogP contribution in [-0.2, 0) is 6.42 Å². The maximum atomic E-state index is 6.05. The highest BCUT2D eigenvalue weighted by Crippen LogP contribution is 2.55. The van der Waals surface area contributed by atoms with Crippen molar-refractivity contribution >= 4 is 16.5 Å². The van der Waals surface area contributed by atoms with Gasteiger partial charge in [0.05, 0.1) is 18.9 Å². The largest absolute Gasteiger partial charge is 0.481 e. The number of aryl methyl sites for hydroxylation is 1. The number of methoxy groups -OCH3 is 1.